The highest BCUT2D eigenvalue weighted by molar-refractivity contribution is 5.81. The van der Waals surface area contributed by atoms with E-state index in [2.05, 4.69) is 10.1 Å². The smallest absolute Gasteiger partial charge is 0.351 e. The van der Waals surface area contributed by atoms with Gasteiger partial charge in [0.05, 0.1) is 17.6 Å². The monoisotopic (exact) mass is 305 g/mol. The first-order valence-corrected chi connectivity index (χ1v) is 7.33. The van der Waals surface area contributed by atoms with Crippen LogP contribution in [0.3, 0.4) is 0 Å². The molecule has 0 saturated carbocycles. The van der Waals surface area contributed by atoms with Crippen molar-refractivity contribution in [1.29, 1.82) is 0 Å². The number of rotatable bonds is 2. The zero-order valence-electron chi connectivity index (χ0n) is 12.6. The number of nitrogens with two attached hydrogens (primary N) is 1. The average Bonchev–Trinajstić information content (AvgIpc) is 2.88. The summed E-state index contributed by atoms with van der Waals surface area (Å²) in [5.41, 5.74) is 9.71. The maximum atomic E-state index is 12.8. The van der Waals surface area contributed by atoms with Crippen LogP contribution in [0.2, 0.25) is 0 Å². The van der Waals surface area contributed by atoms with Gasteiger partial charge in [-0.3, -0.25) is 0 Å². The molecule has 6 heteroatoms. The van der Waals surface area contributed by atoms with Gasteiger partial charge < -0.3 is 5.73 Å². The second-order valence-electron chi connectivity index (χ2n) is 5.51. The molecule has 0 spiro atoms. The summed E-state index contributed by atoms with van der Waals surface area (Å²) < 4.78 is 2.96. The number of fused-ring (bicyclic) bond motifs is 3. The van der Waals surface area contributed by atoms with Crippen molar-refractivity contribution >= 4 is 22.5 Å². The summed E-state index contributed by atoms with van der Waals surface area (Å²) in [7, 11) is 0. The van der Waals surface area contributed by atoms with Crippen molar-refractivity contribution in [2.45, 2.75) is 13.5 Å². The van der Waals surface area contributed by atoms with Crippen molar-refractivity contribution in [2.24, 2.45) is 0 Å². The van der Waals surface area contributed by atoms with Gasteiger partial charge >= 0.3 is 5.69 Å². The summed E-state index contributed by atoms with van der Waals surface area (Å²) in [4.78, 5) is 17.1. The summed E-state index contributed by atoms with van der Waals surface area (Å²) in [5, 5.41) is 4.38. The fourth-order valence-corrected chi connectivity index (χ4v) is 2.77. The van der Waals surface area contributed by atoms with Crippen LogP contribution in [-0.4, -0.2) is 19.2 Å². The standard InChI is InChI=1S/C17H15N5O/c1-11-6-2-3-7-12(11)10-21-17(23)22-14-9-5-4-8-13(14)19-15(18)16(22)20-21/h2-9H,10H2,1H3,(H2,18,19). The van der Waals surface area contributed by atoms with Crippen LogP contribution in [0.25, 0.3) is 16.7 Å². The topological polar surface area (TPSA) is 78.2 Å². The normalized spacial score (nSPS) is 11.3. The van der Waals surface area contributed by atoms with Crippen molar-refractivity contribution in [3.8, 4) is 0 Å². The minimum Gasteiger partial charge on any atom is -0.381 e. The van der Waals surface area contributed by atoms with Crippen molar-refractivity contribution < 1.29 is 0 Å². The van der Waals surface area contributed by atoms with Gasteiger partial charge in [-0.2, -0.15) is 0 Å². The fraction of sp³-hybridized carbons (Fsp3) is 0.118. The summed E-state index contributed by atoms with van der Waals surface area (Å²) in [6.45, 7) is 2.42. The Morgan fingerprint density at radius 3 is 2.65 bits per heavy atom. The third-order valence-electron chi connectivity index (χ3n) is 4.01. The number of aromatic nitrogens is 4. The lowest BCUT2D eigenvalue weighted by atomic mass is 10.1. The molecule has 2 N–H and O–H groups in total. The Balaban J connectivity index is 1.98. The molecule has 0 atom stereocenters. The first-order chi connectivity index (χ1) is 11.1. The molecule has 23 heavy (non-hydrogen) atoms. The third-order valence-corrected chi connectivity index (χ3v) is 4.01. The molecule has 0 aliphatic rings. The number of hydrogen-bond donors (Lipinski definition) is 1. The van der Waals surface area contributed by atoms with E-state index in [4.69, 9.17) is 5.73 Å². The maximum Gasteiger partial charge on any atom is 0.351 e. The molecule has 2 aromatic carbocycles. The second-order valence-corrected chi connectivity index (χ2v) is 5.51. The van der Waals surface area contributed by atoms with Gasteiger partial charge in [-0.1, -0.05) is 36.4 Å². The van der Waals surface area contributed by atoms with Gasteiger partial charge in [-0.25, -0.2) is 18.9 Å². The van der Waals surface area contributed by atoms with Crippen molar-refractivity contribution in [3.63, 3.8) is 0 Å². The molecule has 0 aliphatic carbocycles. The van der Waals surface area contributed by atoms with Crippen LogP contribution in [0.4, 0.5) is 5.82 Å². The van der Waals surface area contributed by atoms with Crippen molar-refractivity contribution in [2.75, 3.05) is 5.73 Å². The Labute approximate surface area is 131 Å². The number of aryl methyl sites for hydroxylation is 1. The molecule has 114 valence electrons. The average molecular weight is 305 g/mol. The number of para-hydroxylation sites is 2. The molecule has 4 rings (SSSR count). The van der Waals surface area contributed by atoms with Crippen LogP contribution in [-0.2, 0) is 6.54 Å². The lowest BCUT2D eigenvalue weighted by Gasteiger charge is -2.03. The number of nitrogen functional groups attached to an aromatic ring is 1. The Kier molecular flexibility index (Phi) is 2.90. The Morgan fingerprint density at radius 2 is 1.83 bits per heavy atom. The molecule has 0 saturated heterocycles. The molecular formula is C17H15N5O. The minimum absolute atomic E-state index is 0.214. The Bertz CT molecular complexity index is 1090. The summed E-state index contributed by atoms with van der Waals surface area (Å²) in [6, 6.07) is 15.3. The van der Waals surface area contributed by atoms with Gasteiger partial charge in [0.25, 0.3) is 0 Å². The number of nitrogens with zero attached hydrogens (tertiary/aromatic N) is 4. The van der Waals surface area contributed by atoms with Crippen LogP contribution < -0.4 is 11.4 Å². The lowest BCUT2D eigenvalue weighted by molar-refractivity contribution is 0.658. The summed E-state index contributed by atoms with van der Waals surface area (Å²) >= 11 is 0. The van der Waals surface area contributed by atoms with E-state index in [9.17, 15) is 4.79 Å². The summed E-state index contributed by atoms with van der Waals surface area (Å²) in [5.74, 6) is 0.254. The molecular weight excluding hydrogens is 290 g/mol. The van der Waals surface area contributed by atoms with E-state index in [0.717, 1.165) is 11.1 Å². The first kappa shape index (κ1) is 13.5. The van der Waals surface area contributed by atoms with Crippen LogP contribution in [0.1, 0.15) is 11.1 Å². The van der Waals surface area contributed by atoms with Crippen LogP contribution >= 0.6 is 0 Å². The van der Waals surface area contributed by atoms with E-state index in [1.807, 2.05) is 55.5 Å². The lowest BCUT2D eigenvalue weighted by Crippen LogP contribution is -2.22. The highest BCUT2D eigenvalue weighted by Gasteiger charge is 2.14. The summed E-state index contributed by atoms with van der Waals surface area (Å²) in [6.07, 6.45) is 0. The fourth-order valence-electron chi connectivity index (χ4n) is 2.77. The SMILES string of the molecule is Cc1ccccc1Cn1nc2c(N)nc3ccccc3n2c1=O. The van der Waals surface area contributed by atoms with Gasteiger partial charge in [0.1, 0.15) is 0 Å². The van der Waals surface area contributed by atoms with Crippen LogP contribution in [0.15, 0.2) is 53.3 Å². The van der Waals surface area contributed by atoms with E-state index in [1.54, 1.807) is 0 Å². The number of hydrogen-bond acceptors (Lipinski definition) is 4. The zero-order valence-corrected chi connectivity index (χ0v) is 12.6. The van der Waals surface area contributed by atoms with Gasteiger partial charge in [-0.15, -0.1) is 5.10 Å². The number of anilines is 1. The van der Waals surface area contributed by atoms with E-state index in [1.165, 1.54) is 9.08 Å². The molecule has 2 aromatic heterocycles. The predicted molar refractivity (Wildman–Crippen MR) is 89.4 cm³/mol. The minimum atomic E-state index is -0.214. The maximum absolute atomic E-state index is 12.8. The Morgan fingerprint density at radius 1 is 1.09 bits per heavy atom. The molecule has 2 heterocycles. The van der Waals surface area contributed by atoms with Gasteiger partial charge in [0.15, 0.2) is 5.82 Å². The largest absolute Gasteiger partial charge is 0.381 e. The van der Waals surface area contributed by atoms with E-state index >= 15 is 0 Å². The molecule has 0 amide bonds. The van der Waals surface area contributed by atoms with Gasteiger partial charge in [-0.05, 0) is 30.2 Å². The van der Waals surface area contributed by atoms with E-state index in [0.29, 0.717) is 23.2 Å². The highest BCUT2D eigenvalue weighted by Crippen LogP contribution is 2.17. The van der Waals surface area contributed by atoms with Crippen molar-refractivity contribution in [3.05, 3.63) is 70.1 Å². The van der Waals surface area contributed by atoms with E-state index in [-0.39, 0.29) is 11.5 Å². The molecule has 6 nitrogen and oxygen atoms in total. The molecule has 0 unspecified atom stereocenters. The van der Waals surface area contributed by atoms with Crippen molar-refractivity contribution in [1.82, 2.24) is 19.2 Å². The third kappa shape index (κ3) is 2.07. The first-order valence-electron chi connectivity index (χ1n) is 7.33. The second kappa shape index (κ2) is 4.95. The van der Waals surface area contributed by atoms with Crippen LogP contribution in [0.5, 0.6) is 0 Å². The van der Waals surface area contributed by atoms with Gasteiger partial charge in [0.2, 0.25) is 5.65 Å². The quantitative estimate of drug-likeness (QED) is 0.614. The van der Waals surface area contributed by atoms with E-state index < -0.39 is 0 Å². The zero-order chi connectivity index (χ0) is 16.0. The van der Waals surface area contributed by atoms with Crippen LogP contribution in [0, 0.1) is 6.92 Å². The molecule has 0 aliphatic heterocycles. The Hall–Kier alpha value is -3.15. The highest BCUT2D eigenvalue weighted by atomic mass is 16.2. The molecule has 0 fully saturated rings. The number of benzene rings is 2. The van der Waals surface area contributed by atoms with Gasteiger partial charge in [0, 0.05) is 0 Å². The predicted octanol–water partition coefficient (Wildman–Crippen LogP) is 1.98. The molecule has 0 radical (unpaired) electrons. The molecule has 4 aromatic rings. The molecule has 0 bridgehead atoms.